The number of rotatable bonds is 2. The number of carbonyl (C=O) groups excluding carboxylic acids is 2. The molecule has 0 radical (unpaired) electrons. The Bertz CT molecular complexity index is 554. The molecule has 0 N–H and O–H groups in total. The number of pyridine rings is 1. The van der Waals surface area contributed by atoms with Gasteiger partial charge in [0, 0.05) is 12.7 Å². The fourth-order valence-electron chi connectivity index (χ4n) is 2.32. The van der Waals surface area contributed by atoms with E-state index in [1.165, 1.54) is 11.1 Å². The normalized spacial score (nSPS) is 18.7. The molecular weight excluding hydrogens is 275 g/mol. The van der Waals surface area contributed by atoms with Gasteiger partial charge in [-0.05, 0) is 39.7 Å². The molecule has 2 heterocycles. The van der Waals surface area contributed by atoms with Crippen LogP contribution in [-0.2, 0) is 9.53 Å². The first-order valence-corrected chi connectivity index (χ1v) is 6.92. The summed E-state index contributed by atoms with van der Waals surface area (Å²) in [6, 6.07) is 0.514. The van der Waals surface area contributed by atoms with Crippen molar-refractivity contribution in [3.63, 3.8) is 0 Å². The highest BCUT2D eigenvalue weighted by Gasteiger charge is 2.37. The number of amides is 1. The van der Waals surface area contributed by atoms with Crippen molar-refractivity contribution >= 4 is 11.9 Å². The highest BCUT2D eigenvalue weighted by atomic mass is 19.1. The summed E-state index contributed by atoms with van der Waals surface area (Å²) in [4.78, 5) is 29.7. The predicted octanol–water partition coefficient (Wildman–Crippen LogP) is 2.17. The molecule has 2 rings (SSSR count). The highest BCUT2D eigenvalue weighted by Crippen LogP contribution is 2.23. The number of ether oxygens (including phenoxy) is 1. The Morgan fingerprint density at radius 2 is 2.10 bits per heavy atom. The zero-order chi connectivity index (χ0) is 15.6. The quantitative estimate of drug-likeness (QED) is 0.784. The zero-order valence-corrected chi connectivity index (χ0v) is 12.4. The van der Waals surface area contributed by atoms with Crippen LogP contribution in [0.25, 0.3) is 0 Å². The Morgan fingerprint density at radius 1 is 1.38 bits per heavy atom. The van der Waals surface area contributed by atoms with Crippen molar-refractivity contribution < 1.29 is 18.7 Å². The van der Waals surface area contributed by atoms with Crippen LogP contribution in [0.5, 0.6) is 0 Å². The van der Waals surface area contributed by atoms with Crippen molar-refractivity contribution in [2.75, 3.05) is 6.54 Å². The van der Waals surface area contributed by atoms with E-state index in [4.69, 9.17) is 4.74 Å². The van der Waals surface area contributed by atoms with Gasteiger partial charge < -0.3 is 9.64 Å². The molecule has 0 spiro atoms. The van der Waals surface area contributed by atoms with Crippen LogP contribution in [0.15, 0.2) is 18.5 Å². The minimum Gasteiger partial charge on any atom is -0.458 e. The van der Waals surface area contributed by atoms with Gasteiger partial charge in [0.1, 0.15) is 17.5 Å². The predicted molar refractivity (Wildman–Crippen MR) is 74.1 cm³/mol. The summed E-state index contributed by atoms with van der Waals surface area (Å²) in [7, 11) is 0. The van der Waals surface area contributed by atoms with Crippen molar-refractivity contribution in [1.82, 2.24) is 9.88 Å². The lowest BCUT2D eigenvalue weighted by molar-refractivity contribution is -0.159. The van der Waals surface area contributed by atoms with Crippen LogP contribution >= 0.6 is 0 Å². The van der Waals surface area contributed by atoms with Crippen molar-refractivity contribution in [2.45, 2.75) is 45.3 Å². The Hall–Kier alpha value is -1.98. The van der Waals surface area contributed by atoms with E-state index in [2.05, 4.69) is 4.98 Å². The molecule has 1 aliphatic heterocycles. The van der Waals surface area contributed by atoms with E-state index in [9.17, 15) is 14.0 Å². The third-order valence-corrected chi connectivity index (χ3v) is 3.14. The summed E-state index contributed by atoms with van der Waals surface area (Å²) in [6.07, 6.45) is 3.61. The first-order valence-electron chi connectivity index (χ1n) is 6.92. The molecule has 1 atom stereocenters. The molecule has 6 heteroatoms. The number of esters is 1. The van der Waals surface area contributed by atoms with Gasteiger partial charge in [0.05, 0.1) is 11.8 Å². The standard InChI is InChI=1S/C15H19FN2O3/c1-15(2,3)21-14(20)12-5-4-6-18(12)13(19)10-7-11(16)9-17-8-10/h7-9,12H,4-6H2,1-3H3/t12-/m1/s1. The first kappa shape index (κ1) is 15.4. The van der Waals surface area contributed by atoms with Crippen LogP contribution < -0.4 is 0 Å². The van der Waals surface area contributed by atoms with Crippen LogP contribution in [0.4, 0.5) is 4.39 Å². The Kier molecular flexibility index (Phi) is 4.25. The number of nitrogens with zero attached hydrogens (tertiary/aromatic N) is 2. The third-order valence-electron chi connectivity index (χ3n) is 3.14. The topological polar surface area (TPSA) is 59.5 Å². The average molecular weight is 294 g/mol. The molecule has 1 amide bonds. The zero-order valence-electron chi connectivity index (χ0n) is 12.4. The second-order valence-corrected chi connectivity index (χ2v) is 6.08. The molecule has 1 fully saturated rings. The van der Waals surface area contributed by atoms with Gasteiger partial charge in [-0.1, -0.05) is 0 Å². The number of halogens is 1. The fourth-order valence-corrected chi connectivity index (χ4v) is 2.32. The lowest BCUT2D eigenvalue weighted by Crippen LogP contribution is -2.43. The van der Waals surface area contributed by atoms with Crippen molar-refractivity contribution in [3.8, 4) is 0 Å². The molecule has 114 valence electrons. The summed E-state index contributed by atoms with van der Waals surface area (Å²) in [5.41, 5.74) is -0.458. The van der Waals surface area contributed by atoms with Gasteiger partial charge in [0.2, 0.25) is 0 Å². The molecule has 1 saturated heterocycles. The highest BCUT2D eigenvalue weighted by molar-refractivity contribution is 5.96. The van der Waals surface area contributed by atoms with E-state index < -0.39 is 29.3 Å². The maximum atomic E-state index is 13.2. The van der Waals surface area contributed by atoms with Crippen LogP contribution in [0, 0.1) is 5.82 Å². The maximum absolute atomic E-state index is 13.2. The summed E-state index contributed by atoms with van der Waals surface area (Å²) >= 11 is 0. The summed E-state index contributed by atoms with van der Waals surface area (Å²) in [6.45, 7) is 5.80. The second-order valence-electron chi connectivity index (χ2n) is 6.08. The van der Waals surface area contributed by atoms with Crippen LogP contribution in [0.2, 0.25) is 0 Å². The SMILES string of the molecule is CC(C)(C)OC(=O)[C@H]1CCCN1C(=O)c1cncc(F)c1. The third kappa shape index (κ3) is 3.77. The number of aromatic nitrogens is 1. The maximum Gasteiger partial charge on any atom is 0.329 e. The van der Waals surface area contributed by atoms with Crippen molar-refractivity contribution in [3.05, 3.63) is 29.8 Å². The molecule has 0 aliphatic carbocycles. The monoisotopic (exact) mass is 294 g/mol. The number of likely N-dealkylation sites (tertiary alicyclic amines) is 1. The van der Waals surface area contributed by atoms with E-state index in [1.807, 2.05) is 0 Å². The first-order chi connectivity index (χ1) is 9.78. The second kappa shape index (κ2) is 5.79. The van der Waals surface area contributed by atoms with Gasteiger partial charge in [-0.3, -0.25) is 9.78 Å². The lowest BCUT2D eigenvalue weighted by Gasteiger charge is -2.27. The van der Waals surface area contributed by atoms with E-state index >= 15 is 0 Å². The van der Waals surface area contributed by atoms with E-state index in [-0.39, 0.29) is 5.56 Å². The van der Waals surface area contributed by atoms with Crippen LogP contribution in [0.1, 0.15) is 44.0 Å². The van der Waals surface area contributed by atoms with Crippen molar-refractivity contribution in [2.24, 2.45) is 0 Å². The molecular formula is C15H19FN2O3. The van der Waals surface area contributed by atoms with Crippen LogP contribution in [-0.4, -0.2) is 39.9 Å². The van der Waals surface area contributed by atoms with E-state index in [0.717, 1.165) is 18.7 Å². The van der Waals surface area contributed by atoms with Gasteiger partial charge in [-0.2, -0.15) is 0 Å². The molecule has 0 unspecified atom stereocenters. The van der Waals surface area contributed by atoms with Gasteiger partial charge in [0.15, 0.2) is 0 Å². The van der Waals surface area contributed by atoms with Gasteiger partial charge in [-0.15, -0.1) is 0 Å². The van der Waals surface area contributed by atoms with Crippen LogP contribution in [0.3, 0.4) is 0 Å². The summed E-state index contributed by atoms with van der Waals surface area (Å²) < 4.78 is 18.5. The summed E-state index contributed by atoms with van der Waals surface area (Å²) in [5.74, 6) is -1.39. The average Bonchev–Trinajstić information content (AvgIpc) is 2.85. The smallest absolute Gasteiger partial charge is 0.329 e. The van der Waals surface area contributed by atoms with Crippen molar-refractivity contribution in [1.29, 1.82) is 0 Å². The number of carbonyl (C=O) groups is 2. The molecule has 1 aromatic heterocycles. The van der Waals surface area contributed by atoms with E-state index in [0.29, 0.717) is 13.0 Å². The molecule has 0 bridgehead atoms. The minimum atomic E-state index is -0.611. The number of hydrogen-bond acceptors (Lipinski definition) is 4. The Balaban J connectivity index is 2.15. The molecule has 5 nitrogen and oxygen atoms in total. The van der Waals surface area contributed by atoms with Gasteiger partial charge in [-0.25, -0.2) is 9.18 Å². The molecule has 0 aromatic carbocycles. The number of hydrogen-bond donors (Lipinski definition) is 0. The molecule has 21 heavy (non-hydrogen) atoms. The molecule has 1 aromatic rings. The molecule has 1 aliphatic rings. The van der Waals surface area contributed by atoms with Gasteiger partial charge >= 0.3 is 5.97 Å². The largest absolute Gasteiger partial charge is 0.458 e. The van der Waals surface area contributed by atoms with Gasteiger partial charge in [0.25, 0.3) is 5.91 Å². The summed E-state index contributed by atoms with van der Waals surface area (Å²) in [5, 5.41) is 0. The Labute approximate surface area is 123 Å². The molecule has 0 saturated carbocycles. The minimum absolute atomic E-state index is 0.144. The van der Waals surface area contributed by atoms with E-state index in [1.54, 1.807) is 20.8 Å². The fraction of sp³-hybridized carbons (Fsp3) is 0.533. The lowest BCUT2D eigenvalue weighted by atomic mass is 10.1. The Morgan fingerprint density at radius 3 is 2.71 bits per heavy atom.